The fourth-order valence-electron chi connectivity index (χ4n) is 5.87. The van der Waals surface area contributed by atoms with Gasteiger partial charge in [0.05, 0.1) is 31.1 Å². The van der Waals surface area contributed by atoms with Gasteiger partial charge in [-0.25, -0.2) is 9.78 Å². The number of fused-ring (bicyclic) bond motifs is 1. The number of aromatic nitrogens is 3. The molecule has 2 atom stereocenters. The summed E-state index contributed by atoms with van der Waals surface area (Å²) < 4.78 is 10.6. The fourth-order valence-corrected chi connectivity index (χ4v) is 5.87. The molecule has 0 unspecified atom stereocenters. The van der Waals surface area contributed by atoms with Crippen molar-refractivity contribution in [3.8, 4) is 5.75 Å². The van der Waals surface area contributed by atoms with Crippen LogP contribution in [0.5, 0.6) is 5.75 Å². The lowest BCUT2D eigenvalue weighted by Crippen LogP contribution is -2.62. The number of pyridine rings is 1. The Balaban J connectivity index is 1.26. The molecule has 2 fully saturated rings. The first-order valence-electron chi connectivity index (χ1n) is 13.5. The Hall–Kier alpha value is -3.18. The number of methoxy groups -OCH3 is 1. The lowest BCUT2D eigenvalue weighted by molar-refractivity contribution is 0.00882. The molecule has 38 heavy (non-hydrogen) atoms. The van der Waals surface area contributed by atoms with E-state index in [1.807, 2.05) is 23.6 Å². The summed E-state index contributed by atoms with van der Waals surface area (Å²) in [7, 11) is 1.55. The number of anilines is 1. The number of carbonyl (C=O) groups excluding carboxylic acids is 2. The maximum atomic E-state index is 13.9. The Morgan fingerprint density at radius 3 is 2.63 bits per heavy atom. The second kappa shape index (κ2) is 10.5. The van der Waals surface area contributed by atoms with Crippen LogP contribution in [-0.4, -0.2) is 93.9 Å². The molecule has 3 aliphatic rings. The predicted octanol–water partition coefficient (Wildman–Crippen LogP) is 3.06. The van der Waals surface area contributed by atoms with Gasteiger partial charge in [-0.2, -0.15) is 5.10 Å². The van der Waals surface area contributed by atoms with Gasteiger partial charge in [0.15, 0.2) is 5.82 Å². The van der Waals surface area contributed by atoms with Crippen molar-refractivity contribution in [3.63, 3.8) is 0 Å². The number of carbonyl (C=O) groups is 2. The molecule has 0 radical (unpaired) electrons. The van der Waals surface area contributed by atoms with Crippen molar-refractivity contribution >= 4 is 17.8 Å². The third kappa shape index (κ3) is 4.96. The molecule has 5 heterocycles. The number of H-pyrrole nitrogens is 1. The third-order valence-electron chi connectivity index (χ3n) is 8.33. The van der Waals surface area contributed by atoms with Gasteiger partial charge < -0.3 is 24.6 Å². The van der Waals surface area contributed by atoms with Crippen LogP contribution in [-0.2, 0) is 16.8 Å². The number of urea groups is 1. The monoisotopic (exact) mass is 525 g/mol. The highest BCUT2D eigenvalue weighted by atomic mass is 16.5. The Labute approximate surface area is 223 Å². The molecule has 2 aromatic rings. The maximum Gasteiger partial charge on any atom is 0.321 e. The number of ether oxygens (including phenoxy) is 2. The summed E-state index contributed by atoms with van der Waals surface area (Å²) >= 11 is 0. The zero-order chi connectivity index (χ0) is 27.0. The van der Waals surface area contributed by atoms with Crippen LogP contribution in [0.3, 0.4) is 0 Å². The smallest absolute Gasteiger partial charge is 0.321 e. The Morgan fingerprint density at radius 1 is 1.18 bits per heavy atom. The first-order valence-corrected chi connectivity index (χ1v) is 13.5. The highest BCUT2D eigenvalue weighted by molar-refractivity contribution is 6.02. The fraction of sp³-hybridized carbons (Fsp3) is 0.630. The van der Waals surface area contributed by atoms with Gasteiger partial charge in [-0.3, -0.25) is 14.8 Å². The summed E-state index contributed by atoms with van der Waals surface area (Å²) in [5.41, 5.74) is 1.32. The molecule has 0 saturated carbocycles. The summed E-state index contributed by atoms with van der Waals surface area (Å²) in [4.78, 5) is 37.3. The zero-order valence-electron chi connectivity index (χ0n) is 23.0. The molecule has 3 amide bonds. The normalized spacial score (nSPS) is 23.8. The number of hydrogen-bond donors (Lipinski definition) is 2. The van der Waals surface area contributed by atoms with Crippen molar-refractivity contribution in [2.45, 2.75) is 64.7 Å². The van der Waals surface area contributed by atoms with E-state index < -0.39 is 5.54 Å². The summed E-state index contributed by atoms with van der Waals surface area (Å²) in [5, 5.41) is 10.3. The first-order chi connectivity index (χ1) is 18.2. The maximum absolute atomic E-state index is 13.9. The molecule has 3 aliphatic heterocycles. The average Bonchev–Trinajstić information content (AvgIpc) is 3.43. The quantitative estimate of drug-likeness (QED) is 0.616. The summed E-state index contributed by atoms with van der Waals surface area (Å²) in [6.45, 7) is 13.1. The van der Waals surface area contributed by atoms with Gasteiger partial charge in [0.1, 0.15) is 11.4 Å². The van der Waals surface area contributed by atoms with Crippen LogP contribution in [0, 0.1) is 5.92 Å². The first kappa shape index (κ1) is 26.4. The van der Waals surface area contributed by atoms with E-state index in [0.29, 0.717) is 30.6 Å². The number of piperazine rings is 1. The van der Waals surface area contributed by atoms with Gasteiger partial charge in [0.25, 0.3) is 5.91 Å². The molecule has 0 aliphatic carbocycles. The standard InChI is InChI=1S/C27H39N7O4/c1-17-14-33(18(2)13-32(17)15-19-8-10-38-11-9-19)26(36)34-16-21-23(27(34,3)4)30-31-24(21)29-25(35)22-7-6-20(37-5)12-28-22/h6-7,12,17-19H,8-11,13-16H2,1-5H3,(H2,29,30,31,35)/t17-,18+/m1/s1. The van der Waals surface area contributed by atoms with Crippen LogP contribution >= 0.6 is 0 Å². The zero-order valence-corrected chi connectivity index (χ0v) is 23.0. The average molecular weight is 526 g/mol. The Bertz CT molecular complexity index is 1160. The minimum absolute atomic E-state index is 0.0127. The van der Waals surface area contributed by atoms with Crippen molar-refractivity contribution < 1.29 is 19.1 Å². The molecular weight excluding hydrogens is 486 g/mol. The molecule has 206 valence electrons. The van der Waals surface area contributed by atoms with Crippen molar-refractivity contribution in [2.75, 3.05) is 45.3 Å². The molecule has 0 bridgehead atoms. The molecule has 11 heteroatoms. The highest BCUT2D eigenvalue weighted by Gasteiger charge is 2.47. The van der Waals surface area contributed by atoms with Crippen molar-refractivity contribution in [1.82, 2.24) is 29.9 Å². The molecule has 0 spiro atoms. The van der Waals surface area contributed by atoms with Gasteiger partial charge >= 0.3 is 6.03 Å². The van der Waals surface area contributed by atoms with Crippen LogP contribution in [0.2, 0.25) is 0 Å². The second-order valence-electron chi connectivity index (χ2n) is 11.3. The van der Waals surface area contributed by atoms with Gasteiger partial charge in [-0.1, -0.05) is 0 Å². The van der Waals surface area contributed by atoms with Crippen LogP contribution in [0.1, 0.15) is 62.3 Å². The molecule has 2 aromatic heterocycles. The van der Waals surface area contributed by atoms with E-state index in [-0.39, 0.29) is 29.7 Å². The van der Waals surface area contributed by atoms with Crippen LogP contribution in [0.15, 0.2) is 18.3 Å². The highest BCUT2D eigenvalue weighted by Crippen LogP contribution is 2.41. The third-order valence-corrected chi connectivity index (χ3v) is 8.33. The molecule has 2 saturated heterocycles. The minimum atomic E-state index is -0.594. The van der Waals surface area contributed by atoms with Gasteiger partial charge in [-0.05, 0) is 58.6 Å². The van der Waals surface area contributed by atoms with Crippen LogP contribution in [0.25, 0.3) is 0 Å². The van der Waals surface area contributed by atoms with Crippen molar-refractivity contribution in [3.05, 3.63) is 35.3 Å². The number of nitrogens with zero attached hydrogens (tertiary/aromatic N) is 5. The van der Waals surface area contributed by atoms with E-state index in [2.05, 4.69) is 39.2 Å². The lowest BCUT2D eigenvalue weighted by atomic mass is 9.97. The van der Waals surface area contributed by atoms with E-state index in [1.54, 1.807) is 19.2 Å². The molecular formula is C27H39N7O4. The largest absolute Gasteiger partial charge is 0.495 e. The number of hydrogen-bond acceptors (Lipinski definition) is 7. The van der Waals surface area contributed by atoms with Gasteiger partial charge in [0, 0.05) is 50.5 Å². The number of aromatic amines is 1. The van der Waals surface area contributed by atoms with Crippen LogP contribution < -0.4 is 10.1 Å². The van der Waals surface area contributed by atoms with E-state index in [0.717, 1.165) is 50.4 Å². The van der Waals surface area contributed by atoms with E-state index >= 15 is 0 Å². The summed E-state index contributed by atoms with van der Waals surface area (Å²) in [5.74, 6) is 1.30. The predicted molar refractivity (Wildman–Crippen MR) is 142 cm³/mol. The van der Waals surface area contributed by atoms with E-state index in [1.165, 1.54) is 6.20 Å². The second-order valence-corrected chi connectivity index (χ2v) is 11.3. The molecule has 5 rings (SSSR count). The Kier molecular flexibility index (Phi) is 7.32. The van der Waals surface area contributed by atoms with Crippen molar-refractivity contribution in [2.24, 2.45) is 5.92 Å². The topological polar surface area (TPSA) is 116 Å². The van der Waals surface area contributed by atoms with Gasteiger partial charge in [-0.15, -0.1) is 0 Å². The minimum Gasteiger partial charge on any atom is -0.495 e. The summed E-state index contributed by atoms with van der Waals surface area (Å²) in [6, 6.07) is 3.69. The SMILES string of the molecule is COc1ccc(C(=O)Nc2n[nH]c3c2CN(C(=O)N2C[C@@H](C)N(CC4CCOCC4)C[C@@H]2C)C3(C)C)nc1. The molecule has 11 nitrogen and oxygen atoms in total. The molecule has 2 N–H and O–H groups in total. The van der Waals surface area contributed by atoms with Gasteiger partial charge in [0.2, 0.25) is 0 Å². The number of nitrogens with one attached hydrogen (secondary N) is 2. The Morgan fingerprint density at radius 2 is 1.95 bits per heavy atom. The van der Waals surface area contributed by atoms with Crippen molar-refractivity contribution in [1.29, 1.82) is 0 Å². The number of rotatable bonds is 5. The lowest BCUT2D eigenvalue weighted by Gasteiger charge is -2.47. The summed E-state index contributed by atoms with van der Waals surface area (Å²) in [6.07, 6.45) is 3.72. The van der Waals surface area contributed by atoms with E-state index in [9.17, 15) is 9.59 Å². The van der Waals surface area contributed by atoms with E-state index in [4.69, 9.17) is 9.47 Å². The number of amides is 3. The molecule has 0 aromatic carbocycles. The van der Waals surface area contributed by atoms with Crippen LogP contribution in [0.4, 0.5) is 10.6 Å².